The summed E-state index contributed by atoms with van der Waals surface area (Å²) in [5, 5.41) is 4.55. The Morgan fingerprint density at radius 2 is 1.76 bits per heavy atom. The summed E-state index contributed by atoms with van der Waals surface area (Å²) in [6, 6.07) is 13.2. The van der Waals surface area contributed by atoms with Gasteiger partial charge in [0.05, 0.1) is 12.9 Å². The Labute approximate surface area is 174 Å². The van der Waals surface area contributed by atoms with Gasteiger partial charge in [0, 0.05) is 11.2 Å². The molecular weight excluding hydrogens is 416 g/mol. The van der Waals surface area contributed by atoms with Crippen LogP contribution < -0.4 is 4.74 Å². The molecule has 2 aromatic carbocycles. The molecule has 0 N–H and O–H groups in total. The molecule has 0 saturated carbocycles. The molecule has 0 bridgehead atoms. The number of benzene rings is 2. The van der Waals surface area contributed by atoms with E-state index in [9.17, 15) is 13.2 Å². The van der Waals surface area contributed by atoms with Crippen molar-refractivity contribution in [3.05, 3.63) is 59.1 Å². The molecule has 7 nitrogen and oxygen atoms in total. The van der Waals surface area contributed by atoms with E-state index in [-0.39, 0.29) is 12.2 Å². The van der Waals surface area contributed by atoms with Crippen molar-refractivity contribution in [2.45, 2.75) is 25.3 Å². The minimum atomic E-state index is -3.76. The second-order valence-corrected chi connectivity index (χ2v) is 8.84. The van der Waals surface area contributed by atoms with Crippen LogP contribution >= 0.6 is 11.6 Å². The van der Waals surface area contributed by atoms with Crippen LogP contribution in [0, 0.1) is 0 Å². The first-order valence-electron chi connectivity index (χ1n) is 9.04. The van der Waals surface area contributed by atoms with Crippen LogP contribution in [0.15, 0.2) is 53.6 Å². The van der Waals surface area contributed by atoms with Crippen LogP contribution in [0.2, 0.25) is 5.02 Å². The maximum Gasteiger partial charge on any atom is 0.331 e. The highest BCUT2D eigenvalue weighted by molar-refractivity contribution is 7.89. The number of hydrazone groups is 1. The van der Waals surface area contributed by atoms with Crippen LogP contribution in [-0.2, 0) is 26.0 Å². The first-order valence-corrected chi connectivity index (χ1v) is 11.0. The fourth-order valence-electron chi connectivity index (χ4n) is 2.87. The number of hydrogen-bond acceptors (Lipinski definition) is 6. The Morgan fingerprint density at radius 3 is 2.38 bits per heavy atom. The maximum atomic E-state index is 12.7. The van der Waals surface area contributed by atoms with Crippen molar-refractivity contribution in [2.75, 3.05) is 12.9 Å². The third-order valence-electron chi connectivity index (χ3n) is 4.41. The van der Waals surface area contributed by atoms with E-state index in [0.29, 0.717) is 29.4 Å². The van der Waals surface area contributed by atoms with Crippen molar-refractivity contribution in [3.63, 3.8) is 0 Å². The molecule has 0 aromatic heterocycles. The Kier molecular flexibility index (Phi) is 6.76. The lowest BCUT2D eigenvalue weighted by atomic mass is 10.1. The lowest BCUT2D eigenvalue weighted by Gasteiger charge is -2.28. The average Bonchev–Trinajstić information content (AvgIpc) is 2.74. The standard InChI is InChI=1S/C20H21ClN2O5S/c1-27-20(24)19-3-2-13-22-23(19)29(25,26)14-12-15-4-8-17(9-5-15)28-18-10-6-16(21)7-11-18/h4-11,13,19H,2-3,12,14H2,1H3. The second-order valence-electron chi connectivity index (χ2n) is 6.45. The zero-order valence-electron chi connectivity index (χ0n) is 15.8. The monoisotopic (exact) mass is 436 g/mol. The number of nitrogens with zero attached hydrogens (tertiary/aromatic N) is 2. The number of sulfonamides is 1. The topological polar surface area (TPSA) is 85.3 Å². The molecule has 0 saturated heterocycles. The smallest absolute Gasteiger partial charge is 0.331 e. The largest absolute Gasteiger partial charge is 0.467 e. The first kappa shape index (κ1) is 21.1. The zero-order chi connectivity index (χ0) is 20.9. The molecule has 1 heterocycles. The van der Waals surface area contributed by atoms with E-state index < -0.39 is 22.0 Å². The molecule has 1 unspecified atom stereocenters. The molecule has 0 spiro atoms. The van der Waals surface area contributed by atoms with Crippen LogP contribution in [0.4, 0.5) is 0 Å². The Bertz CT molecular complexity index is 975. The third kappa shape index (κ3) is 5.48. The molecule has 0 aliphatic carbocycles. The number of methoxy groups -OCH3 is 1. The molecule has 0 amide bonds. The van der Waals surface area contributed by atoms with Gasteiger partial charge in [-0.25, -0.2) is 13.2 Å². The Balaban J connectivity index is 1.62. The minimum absolute atomic E-state index is 0.171. The molecule has 1 aliphatic heterocycles. The molecule has 2 aromatic rings. The van der Waals surface area contributed by atoms with Crippen molar-refractivity contribution in [2.24, 2.45) is 5.10 Å². The quantitative estimate of drug-likeness (QED) is 0.619. The number of ether oxygens (including phenoxy) is 2. The van der Waals surface area contributed by atoms with Gasteiger partial charge in [-0.05, 0) is 61.2 Å². The van der Waals surface area contributed by atoms with Crippen LogP contribution in [0.25, 0.3) is 0 Å². The van der Waals surface area contributed by atoms with Crippen LogP contribution in [0.5, 0.6) is 11.5 Å². The van der Waals surface area contributed by atoms with Gasteiger partial charge < -0.3 is 9.47 Å². The van der Waals surface area contributed by atoms with Gasteiger partial charge in [-0.3, -0.25) is 0 Å². The number of aryl methyl sites for hydroxylation is 1. The van der Waals surface area contributed by atoms with E-state index in [4.69, 9.17) is 21.1 Å². The van der Waals surface area contributed by atoms with Gasteiger partial charge >= 0.3 is 5.97 Å². The summed E-state index contributed by atoms with van der Waals surface area (Å²) in [5.74, 6) is 0.510. The third-order valence-corrected chi connectivity index (χ3v) is 6.30. The second kappa shape index (κ2) is 9.28. The number of hydrogen-bond donors (Lipinski definition) is 0. The molecule has 9 heteroatoms. The normalized spacial score (nSPS) is 16.5. The highest BCUT2D eigenvalue weighted by Crippen LogP contribution is 2.24. The fraction of sp³-hybridized carbons (Fsp3) is 0.300. The predicted molar refractivity (Wildman–Crippen MR) is 111 cm³/mol. The van der Waals surface area contributed by atoms with Crippen molar-refractivity contribution < 1.29 is 22.7 Å². The minimum Gasteiger partial charge on any atom is -0.467 e. The van der Waals surface area contributed by atoms with Crippen LogP contribution in [-0.4, -0.2) is 43.9 Å². The van der Waals surface area contributed by atoms with Gasteiger partial charge in [-0.15, -0.1) is 0 Å². The van der Waals surface area contributed by atoms with E-state index >= 15 is 0 Å². The highest BCUT2D eigenvalue weighted by atomic mass is 35.5. The fourth-order valence-corrected chi connectivity index (χ4v) is 4.47. The summed E-state index contributed by atoms with van der Waals surface area (Å²) in [4.78, 5) is 11.9. The van der Waals surface area contributed by atoms with E-state index in [2.05, 4.69) is 5.10 Å². The molecule has 1 aliphatic rings. The van der Waals surface area contributed by atoms with E-state index in [1.165, 1.54) is 13.3 Å². The van der Waals surface area contributed by atoms with E-state index in [0.717, 1.165) is 9.98 Å². The zero-order valence-corrected chi connectivity index (χ0v) is 17.4. The van der Waals surface area contributed by atoms with Crippen LogP contribution in [0.1, 0.15) is 18.4 Å². The van der Waals surface area contributed by atoms with E-state index in [1.54, 1.807) is 48.5 Å². The Hall–Kier alpha value is -2.58. The number of carbonyl (C=O) groups is 1. The van der Waals surface area contributed by atoms with Crippen molar-refractivity contribution in [3.8, 4) is 11.5 Å². The summed E-state index contributed by atoms with van der Waals surface area (Å²) >= 11 is 5.86. The molecule has 0 fully saturated rings. The summed E-state index contributed by atoms with van der Waals surface area (Å²) in [7, 11) is -2.52. The summed E-state index contributed by atoms with van der Waals surface area (Å²) in [5.41, 5.74) is 0.827. The first-order chi connectivity index (χ1) is 13.9. The van der Waals surface area contributed by atoms with Gasteiger partial charge in [0.15, 0.2) is 6.04 Å². The number of rotatable bonds is 7. The highest BCUT2D eigenvalue weighted by Gasteiger charge is 2.35. The number of esters is 1. The van der Waals surface area contributed by atoms with Gasteiger partial charge in [0.1, 0.15) is 11.5 Å². The van der Waals surface area contributed by atoms with Gasteiger partial charge in [0.25, 0.3) is 10.0 Å². The van der Waals surface area contributed by atoms with Crippen molar-refractivity contribution >= 4 is 33.8 Å². The predicted octanol–water partition coefficient (Wildman–Crippen LogP) is 3.63. The lowest BCUT2D eigenvalue weighted by molar-refractivity contribution is -0.145. The summed E-state index contributed by atoms with van der Waals surface area (Å²) < 4.78 is 36.7. The maximum absolute atomic E-state index is 12.7. The summed E-state index contributed by atoms with van der Waals surface area (Å²) in [6.07, 6.45) is 2.66. The molecule has 29 heavy (non-hydrogen) atoms. The van der Waals surface area contributed by atoms with Gasteiger partial charge in [0.2, 0.25) is 0 Å². The molecule has 0 radical (unpaired) electrons. The van der Waals surface area contributed by atoms with Gasteiger partial charge in [-0.2, -0.15) is 9.52 Å². The average molecular weight is 437 g/mol. The molecule has 3 rings (SSSR count). The number of carbonyl (C=O) groups excluding carboxylic acids is 1. The molecule has 1 atom stereocenters. The van der Waals surface area contributed by atoms with Crippen LogP contribution in [0.3, 0.4) is 0 Å². The van der Waals surface area contributed by atoms with Crippen molar-refractivity contribution in [1.29, 1.82) is 0 Å². The van der Waals surface area contributed by atoms with Gasteiger partial charge in [-0.1, -0.05) is 23.7 Å². The van der Waals surface area contributed by atoms with Crippen molar-refractivity contribution in [1.82, 2.24) is 4.41 Å². The number of halogens is 1. The SMILES string of the molecule is COC(=O)C1CCC=NN1S(=O)(=O)CCc1ccc(Oc2ccc(Cl)cc2)cc1. The lowest BCUT2D eigenvalue weighted by Crippen LogP contribution is -2.45. The van der Waals surface area contributed by atoms with E-state index in [1.807, 2.05) is 0 Å². The summed E-state index contributed by atoms with van der Waals surface area (Å²) in [6.45, 7) is 0. The molecule has 154 valence electrons. The molecular formula is C20H21ClN2O5S. The Morgan fingerprint density at radius 1 is 1.14 bits per heavy atom.